The maximum absolute atomic E-state index is 6.08. The highest BCUT2D eigenvalue weighted by atomic mass is 16.3. The number of imidazole rings is 1. The molecule has 0 spiro atoms. The predicted octanol–water partition coefficient (Wildman–Crippen LogP) is 1.93. The van der Waals surface area contributed by atoms with Gasteiger partial charge in [0.1, 0.15) is 11.5 Å². The molecule has 1 fully saturated rings. The van der Waals surface area contributed by atoms with Crippen molar-refractivity contribution in [3.05, 3.63) is 29.9 Å². The van der Waals surface area contributed by atoms with Gasteiger partial charge in [0.25, 0.3) is 0 Å². The average molecular weight is 203 g/mol. The number of nitrogens with two attached hydrogens (primary N) is 1. The molecule has 0 saturated heterocycles. The summed E-state index contributed by atoms with van der Waals surface area (Å²) in [4.78, 5) is 7.75. The van der Waals surface area contributed by atoms with Crippen LogP contribution in [0.5, 0.6) is 0 Å². The van der Waals surface area contributed by atoms with Gasteiger partial charge in [-0.1, -0.05) is 0 Å². The lowest BCUT2D eigenvalue weighted by Crippen LogP contribution is -2.20. The van der Waals surface area contributed by atoms with Crippen LogP contribution < -0.4 is 5.73 Å². The Morgan fingerprint density at radius 1 is 1.53 bits per heavy atom. The first kappa shape index (κ1) is 8.73. The van der Waals surface area contributed by atoms with Gasteiger partial charge < -0.3 is 15.1 Å². The average Bonchev–Trinajstić information content (AvgIpc) is 2.71. The number of aromatic amines is 1. The van der Waals surface area contributed by atoms with Gasteiger partial charge in [0.05, 0.1) is 11.8 Å². The number of nitrogens with zero attached hydrogens (tertiary/aromatic N) is 1. The highest BCUT2D eigenvalue weighted by molar-refractivity contribution is 5.55. The summed E-state index contributed by atoms with van der Waals surface area (Å²) in [7, 11) is 0. The smallest absolute Gasteiger partial charge is 0.154 e. The minimum absolute atomic E-state index is 0.213. The molecule has 2 heterocycles. The third-order valence-electron chi connectivity index (χ3n) is 2.90. The lowest BCUT2D eigenvalue weighted by Gasteiger charge is -2.01. The van der Waals surface area contributed by atoms with E-state index in [1.54, 1.807) is 6.26 Å². The second kappa shape index (κ2) is 2.73. The summed E-state index contributed by atoms with van der Waals surface area (Å²) >= 11 is 0. The van der Waals surface area contributed by atoms with Crippen LogP contribution >= 0.6 is 0 Å². The molecule has 0 atom stereocenters. The van der Waals surface area contributed by atoms with Crippen LogP contribution in [0.15, 0.2) is 22.8 Å². The molecular weight excluding hydrogens is 190 g/mol. The number of aryl methyl sites for hydroxylation is 1. The number of rotatable bonds is 2. The van der Waals surface area contributed by atoms with E-state index in [1.807, 2.05) is 19.1 Å². The summed E-state index contributed by atoms with van der Waals surface area (Å²) < 4.78 is 5.32. The second-order valence-electron chi connectivity index (χ2n) is 4.19. The van der Waals surface area contributed by atoms with Crippen molar-refractivity contribution in [2.45, 2.75) is 25.3 Å². The Labute approximate surface area is 87.5 Å². The number of nitrogens with one attached hydrogen (secondary N) is 1. The minimum Gasteiger partial charge on any atom is -0.463 e. The van der Waals surface area contributed by atoms with E-state index in [-0.39, 0.29) is 5.54 Å². The van der Waals surface area contributed by atoms with Crippen molar-refractivity contribution in [1.82, 2.24) is 9.97 Å². The van der Waals surface area contributed by atoms with E-state index in [9.17, 15) is 0 Å². The van der Waals surface area contributed by atoms with Crippen LogP contribution in [0.4, 0.5) is 0 Å². The standard InChI is InChI=1S/C11H13N3O/c1-7-9(8-3-2-6-15-8)14-10(13-7)11(12)4-5-11/h2-3,6H,4-5,12H2,1H3,(H,13,14). The van der Waals surface area contributed by atoms with Crippen LogP contribution in [0.3, 0.4) is 0 Å². The molecule has 0 aromatic carbocycles. The molecule has 0 aliphatic heterocycles. The van der Waals surface area contributed by atoms with Crippen LogP contribution in [0, 0.1) is 6.92 Å². The zero-order chi connectivity index (χ0) is 10.5. The third-order valence-corrected chi connectivity index (χ3v) is 2.90. The van der Waals surface area contributed by atoms with Gasteiger partial charge >= 0.3 is 0 Å². The molecule has 1 saturated carbocycles. The maximum Gasteiger partial charge on any atom is 0.154 e. The second-order valence-corrected chi connectivity index (χ2v) is 4.19. The molecule has 3 N–H and O–H groups in total. The molecule has 0 radical (unpaired) electrons. The first-order valence-corrected chi connectivity index (χ1v) is 5.09. The number of hydrogen-bond donors (Lipinski definition) is 2. The number of H-pyrrole nitrogens is 1. The van der Waals surface area contributed by atoms with Crippen molar-refractivity contribution >= 4 is 0 Å². The fourth-order valence-corrected chi connectivity index (χ4v) is 1.72. The van der Waals surface area contributed by atoms with E-state index < -0.39 is 0 Å². The Hall–Kier alpha value is -1.55. The zero-order valence-corrected chi connectivity index (χ0v) is 8.58. The van der Waals surface area contributed by atoms with Crippen LogP contribution in [0.2, 0.25) is 0 Å². The molecule has 0 bridgehead atoms. The normalized spacial score (nSPS) is 18.0. The van der Waals surface area contributed by atoms with Gasteiger partial charge in [-0.15, -0.1) is 0 Å². The van der Waals surface area contributed by atoms with Gasteiger partial charge in [-0.05, 0) is 31.9 Å². The molecule has 4 nitrogen and oxygen atoms in total. The fraction of sp³-hybridized carbons (Fsp3) is 0.364. The van der Waals surface area contributed by atoms with Gasteiger partial charge in [0, 0.05) is 5.69 Å². The molecule has 0 amide bonds. The number of aromatic nitrogens is 2. The number of hydrogen-bond acceptors (Lipinski definition) is 3. The molecular formula is C11H13N3O. The zero-order valence-electron chi connectivity index (χ0n) is 8.58. The topological polar surface area (TPSA) is 67.8 Å². The van der Waals surface area contributed by atoms with E-state index in [2.05, 4.69) is 9.97 Å². The summed E-state index contributed by atoms with van der Waals surface area (Å²) in [6, 6.07) is 3.77. The summed E-state index contributed by atoms with van der Waals surface area (Å²) in [5.74, 6) is 1.67. The van der Waals surface area contributed by atoms with Gasteiger partial charge in [-0.25, -0.2) is 4.98 Å². The maximum atomic E-state index is 6.08. The van der Waals surface area contributed by atoms with Crippen molar-refractivity contribution in [2.24, 2.45) is 5.73 Å². The molecule has 78 valence electrons. The van der Waals surface area contributed by atoms with E-state index in [0.29, 0.717) is 0 Å². The van der Waals surface area contributed by atoms with Crippen molar-refractivity contribution < 1.29 is 4.42 Å². The van der Waals surface area contributed by atoms with Gasteiger partial charge in [-0.3, -0.25) is 0 Å². The van der Waals surface area contributed by atoms with Crippen molar-refractivity contribution in [1.29, 1.82) is 0 Å². The van der Waals surface area contributed by atoms with E-state index in [1.165, 1.54) is 0 Å². The van der Waals surface area contributed by atoms with Crippen LogP contribution in [-0.4, -0.2) is 9.97 Å². The molecule has 0 unspecified atom stereocenters. The Balaban J connectivity index is 2.06. The summed E-state index contributed by atoms with van der Waals surface area (Å²) in [5.41, 5.74) is 7.74. The first-order valence-electron chi connectivity index (χ1n) is 5.09. The molecule has 1 aliphatic rings. The van der Waals surface area contributed by atoms with Gasteiger partial charge in [-0.2, -0.15) is 0 Å². The summed E-state index contributed by atoms with van der Waals surface area (Å²) in [6.45, 7) is 1.99. The van der Waals surface area contributed by atoms with E-state index >= 15 is 0 Å². The van der Waals surface area contributed by atoms with Crippen molar-refractivity contribution in [3.63, 3.8) is 0 Å². The first-order chi connectivity index (χ1) is 7.19. The summed E-state index contributed by atoms with van der Waals surface area (Å²) in [5, 5.41) is 0. The lowest BCUT2D eigenvalue weighted by atomic mass is 10.3. The Morgan fingerprint density at radius 2 is 2.33 bits per heavy atom. The largest absolute Gasteiger partial charge is 0.463 e. The lowest BCUT2D eigenvalue weighted by molar-refractivity contribution is 0.579. The molecule has 3 rings (SSSR count). The number of furan rings is 1. The van der Waals surface area contributed by atoms with Gasteiger partial charge in [0.2, 0.25) is 0 Å². The third kappa shape index (κ3) is 1.29. The van der Waals surface area contributed by atoms with Crippen LogP contribution in [0.25, 0.3) is 11.5 Å². The molecule has 2 aromatic rings. The van der Waals surface area contributed by atoms with Gasteiger partial charge in [0.15, 0.2) is 5.76 Å². The summed E-state index contributed by atoms with van der Waals surface area (Å²) in [6.07, 6.45) is 3.67. The Kier molecular flexibility index (Phi) is 1.59. The Bertz CT molecular complexity index is 480. The highest BCUT2D eigenvalue weighted by Gasteiger charge is 2.43. The minimum atomic E-state index is -0.213. The molecule has 15 heavy (non-hydrogen) atoms. The van der Waals surface area contributed by atoms with Crippen LogP contribution in [-0.2, 0) is 5.54 Å². The molecule has 2 aromatic heterocycles. The quantitative estimate of drug-likeness (QED) is 0.783. The van der Waals surface area contributed by atoms with E-state index in [4.69, 9.17) is 10.2 Å². The van der Waals surface area contributed by atoms with Crippen LogP contribution in [0.1, 0.15) is 24.4 Å². The van der Waals surface area contributed by atoms with E-state index in [0.717, 1.165) is 35.8 Å². The highest BCUT2D eigenvalue weighted by Crippen LogP contribution is 2.42. The Morgan fingerprint density at radius 3 is 2.93 bits per heavy atom. The molecule has 4 heteroatoms. The van der Waals surface area contributed by atoms with Crippen molar-refractivity contribution in [3.8, 4) is 11.5 Å². The monoisotopic (exact) mass is 203 g/mol. The molecule has 1 aliphatic carbocycles. The predicted molar refractivity (Wildman–Crippen MR) is 56.1 cm³/mol. The van der Waals surface area contributed by atoms with Crippen molar-refractivity contribution in [2.75, 3.05) is 0 Å². The fourth-order valence-electron chi connectivity index (χ4n) is 1.72. The SMILES string of the molecule is Cc1[nH]c(C2(N)CC2)nc1-c1ccco1.